The van der Waals surface area contributed by atoms with Gasteiger partial charge in [0.25, 0.3) is 0 Å². The Morgan fingerprint density at radius 2 is 2.00 bits per heavy atom. The topological polar surface area (TPSA) is 147 Å². The molecule has 2 N–H and O–H groups in total. The first-order valence-electron chi connectivity index (χ1n) is 3.13. The van der Waals surface area contributed by atoms with Crippen molar-refractivity contribution in [2.75, 3.05) is 0 Å². The molecule has 0 bridgehead atoms. The normalized spacial score (nSPS) is 24.3. The molecule has 1 rings (SSSR count). The van der Waals surface area contributed by atoms with Crippen LogP contribution in [0.5, 0.6) is 0 Å². The van der Waals surface area contributed by atoms with Crippen molar-refractivity contribution in [1.82, 2.24) is 10.9 Å². The molecular formula is C2H2HgN7O4. The number of hydrogen-bond acceptors (Lipinski definition) is 7. The Hall–Kier alpha value is -1.39. The Kier molecular flexibility index (Phi) is 2.88. The minimum absolute atomic E-state index is 0.280. The van der Waals surface area contributed by atoms with Gasteiger partial charge >= 0.3 is 91.7 Å². The van der Waals surface area contributed by atoms with Gasteiger partial charge in [-0.25, -0.2) is 0 Å². The number of nitrogens with zero attached hydrogens (tertiary/aromatic N) is 5. The molecule has 0 aromatic heterocycles. The quantitative estimate of drug-likeness (QED) is 0.342. The van der Waals surface area contributed by atoms with Crippen molar-refractivity contribution < 1.29 is 36.2 Å². The summed E-state index contributed by atoms with van der Waals surface area (Å²) in [5, 5.41) is 25.1. The van der Waals surface area contributed by atoms with E-state index in [1.54, 1.807) is 5.43 Å². The molecule has 71 valence electrons. The van der Waals surface area contributed by atoms with E-state index in [-0.39, 0.29) is 32.1 Å². The first kappa shape index (κ1) is 10.7. The number of hydrazine groups is 2. The molecular weight excluding hydrogens is 387 g/mol. The van der Waals surface area contributed by atoms with Crippen LogP contribution in [0.2, 0.25) is 0 Å². The zero-order valence-corrected chi connectivity index (χ0v) is 12.1. The second-order valence-electron chi connectivity index (χ2n) is 2.19. The molecule has 0 aromatic carbocycles. The fraction of sp³-hybridized carbons (Fsp3) is 0.500. The Labute approximate surface area is 91.9 Å². The summed E-state index contributed by atoms with van der Waals surface area (Å²) < 4.78 is -1.40. The Morgan fingerprint density at radius 3 is 2.50 bits per heavy atom. The van der Waals surface area contributed by atoms with Gasteiger partial charge in [0.15, 0.2) is 0 Å². The summed E-state index contributed by atoms with van der Waals surface area (Å²) in [6.07, 6.45) is 0. The zero-order chi connectivity index (χ0) is 10.8. The van der Waals surface area contributed by atoms with E-state index in [1.165, 1.54) is 0 Å². The van der Waals surface area contributed by atoms with Crippen LogP contribution in [-0.2, 0) is 26.1 Å². The SMILES string of the molecule is O=[N+]([O-])NC1=N[C]([Hg])(N[N+](=O)[O-])N=N1. The number of nitro groups is 2. The van der Waals surface area contributed by atoms with Gasteiger partial charge in [-0.2, -0.15) is 0 Å². The molecule has 0 saturated carbocycles. The van der Waals surface area contributed by atoms with Crippen LogP contribution < -0.4 is 10.9 Å². The maximum atomic E-state index is 10.1. The van der Waals surface area contributed by atoms with Crippen molar-refractivity contribution in [2.45, 2.75) is 3.30 Å². The molecule has 1 atom stereocenters. The molecule has 11 nitrogen and oxygen atoms in total. The minimum atomic E-state index is -1.40. The van der Waals surface area contributed by atoms with Crippen molar-refractivity contribution >= 4 is 5.96 Å². The van der Waals surface area contributed by atoms with Crippen LogP contribution in [0.3, 0.4) is 0 Å². The molecule has 0 aromatic rings. The van der Waals surface area contributed by atoms with Gasteiger partial charge in [-0.3, -0.25) is 0 Å². The standard InChI is InChI=1S/C2H2N7O4.Hg/c10-8(11)6-1-3-2(5-4-1)7-9(12)13;/h6H,(H,3,7);. The molecule has 14 heavy (non-hydrogen) atoms. The first-order chi connectivity index (χ1) is 6.41. The Balaban J connectivity index is 2.70. The van der Waals surface area contributed by atoms with Gasteiger partial charge in [0, 0.05) is 0 Å². The molecule has 0 saturated heterocycles. The number of azo groups is 1. The Morgan fingerprint density at radius 1 is 1.36 bits per heavy atom. The molecule has 12 heteroatoms. The van der Waals surface area contributed by atoms with Crippen LogP contribution in [0.1, 0.15) is 0 Å². The maximum absolute atomic E-state index is 10.1. The fourth-order valence-corrected chi connectivity index (χ4v) is 2.03. The van der Waals surface area contributed by atoms with E-state index >= 15 is 0 Å². The summed E-state index contributed by atoms with van der Waals surface area (Å²) in [7, 11) is 0. The molecule has 0 amide bonds. The third-order valence-electron chi connectivity index (χ3n) is 1.06. The summed E-state index contributed by atoms with van der Waals surface area (Å²) in [5.74, 6) is -0.348. The van der Waals surface area contributed by atoms with Gasteiger partial charge < -0.3 is 0 Å². The van der Waals surface area contributed by atoms with Crippen molar-refractivity contribution in [3.05, 3.63) is 20.2 Å². The second-order valence-corrected chi connectivity index (χ2v) is 6.02. The average molecular weight is 389 g/mol. The summed E-state index contributed by atoms with van der Waals surface area (Å²) in [6, 6.07) is 0. The monoisotopic (exact) mass is 390 g/mol. The van der Waals surface area contributed by atoms with E-state index in [9.17, 15) is 20.2 Å². The number of aliphatic imine (C=N–C) groups is 1. The number of hydrogen-bond donors (Lipinski definition) is 2. The second kappa shape index (κ2) is 3.77. The zero-order valence-electron chi connectivity index (χ0n) is 6.58. The van der Waals surface area contributed by atoms with Crippen LogP contribution in [0.15, 0.2) is 15.2 Å². The molecule has 0 aliphatic carbocycles. The predicted octanol–water partition coefficient (Wildman–Crippen LogP) is -1.47. The molecule has 1 aliphatic rings. The van der Waals surface area contributed by atoms with E-state index in [4.69, 9.17) is 0 Å². The van der Waals surface area contributed by atoms with E-state index in [2.05, 4.69) is 15.2 Å². The van der Waals surface area contributed by atoms with E-state index in [1.807, 2.05) is 5.43 Å². The van der Waals surface area contributed by atoms with Crippen LogP contribution in [0.25, 0.3) is 0 Å². The number of nitrogens with one attached hydrogen (secondary N) is 2. The molecule has 0 radical (unpaired) electrons. The summed E-state index contributed by atoms with van der Waals surface area (Å²) in [6.45, 7) is 0. The Bertz CT molecular complexity index is 339. The summed E-state index contributed by atoms with van der Waals surface area (Å²) >= 11 is -0.280. The van der Waals surface area contributed by atoms with Crippen molar-refractivity contribution in [3.63, 3.8) is 0 Å². The third kappa shape index (κ3) is 2.83. The first-order valence-corrected chi connectivity index (χ1v) is 5.87. The number of rotatable bonds is 3. The van der Waals surface area contributed by atoms with E-state index in [0.717, 1.165) is 0 Å². The van der Waals surface area contributed by atoms with Crippen molar-refractivity contribution in [3.8, 4) is 0 Å². The van der Waals surface area contributed by atoms with Gasteiger partial charge in [-0.15, -0.1) is 0 Å². The summed E-state index contributed by atoms with van der Waals surface area (Å²) in [5.41, 5.74) is 3.47. The molecule has 1 heterocycles. The van der Waals surface area contributed by atoms with Crippen LogP contribution in [-0.4, -0.2) is 19.3 Å². The van der Waals surface area contributed by atoms with Crippen LogP contribution >= 0.6 is 0 Å². The van der Waals surface area contributed by atoms with Gasteiger partial charge in [-0.05, 0) is 0 Å². The van der Waals surface area contributed by atoms with Gasteiger partial charge in [-0.1, -0.05) is 0 Å². The fourth-order valence-electron chi connectivity index (χ4n) is 0.673. The average Bonchev–Trinajstić information content (AvgIpc) is 2.28. The number of guanidine groups is 1. The molecule has 1 aliphatic heterocycles. The van der Waals surface area contributed by atoms with E-state index < -0.39 is 13.4 Å². The third-order valence-corrected chi connectivity index (χ3v) is 2.84. The van der Waals surface area contributed by atoms with Gasteiger partial charge in [0.2, 0.25) is 0 Å². The van der Waals surface area contributed by atoms with Crippen molar-refractivity contribution in [2.24, 2.45) is 15.2 Å². The molecule has 0 fully saturated rings. The summed E-state index contributed by atoms with van der Waals surface area (Å²) in [4.78, 5) is 23.6. The predicted molar refractivity (Wildman–Crippen MR) is 35.3 cm³/mol. The van der Waals surface area contributed by atoms with Gasteiger partial charge in [0.05, 0.1) is 0 Å². The van der Waals surface area contributed by atoms with Gasteiger partial charge in [0.1, 0.15) is 0 Å². The van der Waals surface area contributed by atoms with Crippen molar-refractivity contribution in [1.29, 1.82) is 0 Å². The molecule has 0 spiro atoms. The van der Waals surface area contributed by atoms with Crippen LogP contribution in [0, 0.1) is 20.2 Å². The molecule has 1 unspecified atom stereocenters. The van der Waals surface area contributed by atoms with E-state index in [0.29, 0.717) is 0 Å². The van der Waals surface area contributed by atoms with Crippen LogP contribution in [0.4, 0.5) is 0 Å².